The van der Waals surface area contributed by atoms with Gasteiger partial charge in [-0.1, -0.05) is 0 Å². The first-order valence-electron chi connectivity index (χ1n) is 9.47. The van der Waals surface area contributed by atoms with E-state index in [4.69, 9.17) is 9.47 Å². The standard InChI is InChI=1S/C19H26F2N2O4S/c1-3-27-14-5-10-28-15(14)16(24)23-12-18(11-19(20,21)13-23)6-4-7-22(17(18)25)8-9-26-2/h5,10H,3-4,6-9,11-13H2,1-2H3/t18-/m1/s1. The van der Waals surface area contributed by atoms with Crippen LogP contribution in [0.4, 0.5) is 8.78 Å². The second kappa shape index (κ2) is 8.32. The first-order chi connectivity index (χ1) is 13.3. The molecule has 3 heterocycles. The first kappa shape index (κ1) is 21.0. The number of piperidine rings is 2. The summed E-state index contributed by atoms with van der Waals surface area (Å²) in [5, 5.41) is 1.70. The number of amides is 2. The van der Waals surface area contributed by atoms with Gasteiger partial charge in [-0.2, -0.15) is 0 Å². The van der Waals surface area contributed by atoms with Gasteiger partial charge in [0.1, 0.15) is 10.6 Å². The fraction of sp³-hybridized carbons (Fsp3) is 0.684. The van der Waals surface area contributed by atoms with Crippen molar-refractivity contribution in [2.24, 2.45) is 5.41 Å². The summed E-state index contributed by atoms with van der Waals surface area (Å²) in [6, 6.07) is 1.66. The number of thiophene rings is 1. The van der Waals surface area contributed by atoms with Crippen LogP contribution in [-0.2, 0) is 9.53 Å². The van der Waals surface area contributed by atoms with Crippen LogP contribution >= 0.6 is 11.3 Å². The Kier molecular flexibility index (Phi) is 6.24. The fourth-order valence-electron chi connectivity index (χ4n) is 4.19. The molecule has 2 aliphatic heterocycles. The van der Waals surface area contributed by atoms with Crippen LogP contribution in [0.25, 0.3) is 0 Å². The lowest BCUT2D eigenvalue weighted by Gasteiger charge is -2.49. The maximum absolute atomic E-state index is 14.7. The Morgan fingerprint density at radius 2 is 2.14 bits per heavy atom. The van der Waals surface area contributed by atoms with E-state index in [-0.39, 0.29) is 12.5 Å². The Bertz CT molecular complexity index is 727. The minimum atomic E-state index is -3.11. The summed E-state index contributed by atoms with van der Waals surface area (Å²) in [6.07, 6.45) is 0.475. The first-order valence-corrected chi connectivity index (χ1v) is 10.4. The van der Waals surface area contributed by atoms with Crippen molar-refractivity contribution < 1.29 is 27.8 Å². The molecule has 0 saturated carbocycles. The van der Waals surface area contributed by atoms with E-state index in [1.807, 2.05) is 0 Å². The molecule has 0 radical (unpaired) electrons. The van der Waals surface area contributed by atoms with Crippen molar-refractivity contribution in [2.45, 2.75) is 32.1 Å². The molecule has 0 unspecified atom stereocenters. The second-order valence-corrected chi connectivity index (χ2v) is 8.33. The third-order valence-corrected chi connectivity index (χ3v) is 6.20. The zero-order valence-corrected chi connectivity index (χ0v) is 17.0. The number of likely N-dealkylation sites (tertiary alicyclic amines) is 2. The highest BCUT2D eigenvalue weighted by atomic mass is 32.1. The molecule has 1 atom stereocenters. The van der Waals surface area contributed by atoms with Gasteiger partial charge in [0.15, 0.2) is 0 Å². The minimum absolute atomic E-state index is 0.00715. The summed E-state index contributed by atoms with van der Waals surface area (Å²) in [4.78, 5) is 29.1. The summed E-state index contributed by atoms with van der Waals surface area (Å²) in [5.74, 6) is -3.52. The number of nitrogens with zero attached hydrogens (tertiary/aromatic N) is 2. The van der Waals surface area contributed by atoms with Gasteiger partial charge in [-0.3, -0.25) is 9.59 Å². The molecule has 6 nitrogen and oxygen atoms in total. The Labute approximate surface area is 167 Å². The Balaban J connectivity index is 1.85. The Morgan fingerprint density at radius 1 is 1.36 bits per heavy atom. The lowest BCUT2D eigenvalue weighted by atomic mass is 9.71. The van der Waals surface area contributed by atoms with E-state index in [1.165, 1.54) is 18.4 Å². The summed E-state index contributed by atoms with van der Waals surface area (Å²) < 4.78 is 39.8. The molecule has 1 aromatic heterocycles. The molecular weight excluding hydrogens is 390 g/mol. The number of hydrogen-bond donors (Lipinski definition) is 0. The molecule has 0 bridgehead atoms. The molecule has 0 aliphatic carbocycles. The van der Waals surface area contributed by atoms with Gasteiger partial charge in [0.2, 0.25) is 5.91 Å². The number of methoxy groups -OCH3 is 1. The SMILES string of the molecule is CCOc1ccsc1C(=O)N1CC(F)(F)C[C@]2(CCCN(CCOC)C2=O)C1. The third-order valence-electron chi connectivity index (χ3n) is 5.31. The molecule has 156 valence electrons. The highest BCUT2D eigenvalue weighted by Crippen LogP contribution is 2.46. The van der Waals surface area contributed by atoms with Crippen LogP contribution < -0.4 is 4.74 Å². The normalized spacial score (nSPS) is 24.6. The lowest BCUT2D eigenvalue weighted by molar-refractivity contribution is -0.166. The average molecular weight is 416 g/mol. The Hall–Kier alpha value is -1.74. The average Bonchev–Trinajstić information content (AvgIpc) is 3.10. The van der Waals surface area contributed by atoms with Crippen molar-refractivity contribution in [1.29, 1.82) is 0 Å². The molecule has 1 spiro atoms. The van der Waals surface area contributed by atoms with Crippen molar-refractivity contribution in [2.75, 3.05) is 46.5 Å². The molecule has 2 amide bonds. The molecule has 3 rings (SSSR count). The fourth-order valence-corrected chi connectivity index (χ4v) is 5.00. The van der Waals surface area contributed by atoms with Gasteiger partial charge < -0.3 is 19.3 Å². The van der Waals surface area contributed by atoms with Crippen molar-refractivity contribution in [3.05, 3.63) is 16.3 Å². The lowest BCUT2D eigenvalue weighted by Crippen LogP contribution is -2.62. The topological polar surface area (TPSA) is 59.1 Å². The number of carbonyl (C=O) groups excluding carboxylic acids is 2. The molecular formula is C19H26F2N2O4S. The largest absolute Gasteiger partial charge is 0.492 e. The van der Waals surface area contributed by atoms with E-state index >= 15 is 0 Å². The number of ether oxygens (including phenoxy) is 2. The van der Waals surface area contributed by atoms with Crippen LogP contribution in [0.15, 0.2) is 11.4 Å². The van der Waals surface area contributed by atoms with Crippen LogP contribution in [0.2, 0.25) is 0 Å². The summed E-state index contributed by atoms with van der Waals surface area (Å²) in [6.45, 7) is 2.76. The van der Waals surface area contributed by atoms with E-state index in [0.717, 1.165) is 4.90 Å². The Morgan fingerprint density at radius 3 is 2.86 bits per heavy atom. The number of alkyl halides is 2. The van der Waals surface area contributed by atoms with E-state index in [0.29, 0.717) is 49.8 Å². The smallest absolute Gasteiger partial charge is 0.267 e. The molecule has 2 aliphatic rings. The maximum Gasteiger partial charge on any atom is 0.267 e. The van der Waals surface area contributed by atoms with Gasteiger partial charge in [-0.15, -0.1) is 11.3 Å². The van der Waals surface area contributed by atoms with Gasteiger partial charge >= 0.3 is 0 Å². The summed E-state index contributed by atoms with van der Waals surface area (Å²) >= 11 is 1.17. The quantitative estimate of drug-likeness (QED) is 0.716. The van der Waals surface area contributed by atoms with Crippen LogP contribution in [-0.4, -0.2) is 74.0 Å². The summed E-state index contributed by atoms with van der Waals surface area (Å²) in [7, 11) is 1.54. The molecule has 9 heteroatoms. The van der Waals surface area contributed by atoms with Gasteiger partial charge in [0.05, 0.1) is 25.2 Å². The van der Waals surface area contributed by atoms with E-state index in [2.05, 4.69) is 0 Å². The number of carbonyl (C=O) groups is 2. The predicted molar refractivity (Wildman–Crippen MR) is 101 cm³/mol. The van der Waals surface area contributed by atoms with Crippen LogP contribution in [0.5, 0.6) is 5.75 Å². The van der Waals surface area contributed by atoms with Gasteiger partial charge in [-0.05, 0) is 31.2 Å². The molecule has 1 aromatic rings. The van der Waals surface area contributed by atoms with Crippen LogP contribution in [0.3, 0.4) is 0 Å². The van der Waals surface area contributed by atoms with E-state index in [9.17, 15) is 18.4 Å². The molecule has 2 saturated heterocycles. The molecule has 2 fully saturated rings. The van der Waals surface area contributed by atoms with Gasteiger partial charge in [-0.25, -0.2) is 8.78 Å². The van der Waals surface area contributed by atoms with E-state index < -0.39 is 30.2 Å². The van der Waals surface area contributed by atoms with Crippen LogP contribution in [0, 0.1) is 5.41 Å². The zero-order chi connectivity index (χ0) is 20.4. The maximum atomic E-state index is 14.7. The molecule has 0 N–H and O–H groups in total. The van der Waals surface area contributed by atoms with Crippen molar-refractivity contribution >= 4 is 23.2 Å². The van der Waals surface area contributed by atoms with Gasteiger partial charge in [0.25, 0.3) is 11.8 Å². The molecule has 28 heavy (non-hydrogen) atoms. The highest BCUT2D eigenvalue weighted by molar-refractivity contribution is 7.12. The summed E-state index contributed by atoms with van der Waals surface area (Å²) in [5.41, 5.74) is -1.24. The monoisotopic (exact) mass is 416 g/mol. The van der Waals surface area contributed by atoms with Crippen molar-refractivity contribution in [3.63, 3.8) is 0 Å². The third kappa shape index (κ3) is 4.15. The highest BCUT2D eigenvalue weighted by Gasteiger charge is 2.56. The number of halogens is 2. The van der Waals surface area contributed by atoms with Crippen molar-refractivity contribution in [1.82, 2.24) is 9.80 Å². The number of hydrogen-bond acceptors (Lipinski definition) is 5. The number of rotatable bonds is 6. The molecule has 0 aromatic carbocycles. The van der Waals surface area contributed by atoms with E-state index in [1.54, 1.807) is 23.3 Å². The van der Waals surface area contributed by atoms with Crippen LogP contribution in [0.1, 0.15) is 35.9 Å². The van der Waals surface area contributed by atoms with Crippen molar-refractivity contribution in [3.8, 4) is 5.75 Å². The predicted octanol–water partition coefficient (Wildman–Crippen LogP) is 2.88. The minimum Gasteiger partial charge on any atom is -0.492 e. The second-order valence-electron chi connectivity index (χ2n) is 7.41. The van der Waals surface area contributed by atoms with Gasteiger partial charge in [0, 0.05) is 33.2 Å². The zero-order valence-electron chi connectivity index (χ0n) is 16.2.